The van der Waals surface area contributed by atoms with Crippen molar-refractivity contribution >= 4 is 23.1 Å². The minimum absolute atomic E-state index is 0.122. The van der Waals surface area contributed by atoms with E-state index in [-0.39, 0.29) is 17.5 Å². The Morgan fingerprint density at radius 1 is 1.08 bits per heavy atom. The topological polar surface area (TPSA) is 122 Å². The molecule has 0 spiro atoms. The van der Waals surface area contributed by atoms with Crippen LogP contribution in [0.15, 0.2) is 36.8 Å². The van der Waals surface area contributed by atoms with Crippen LogP contribution in [-0.2, 0) is 20.3 Å². The number of pyridine rings is 1. The molecule has 0 unspecified atom stereocenters. The van der Waals surface area contributed by atoms with E-state index in [1.807, 2.05) is 13.8 Å². The first-order valence-corrected chi connectivity index (χ1v) is 11.5. The summed E-state index contributed by atoms with van der Waals surface area (Å²) in [5.41, 5.74) is 6.08. The fourth-order valence-electron chi connectivity index (χ4n) is 3.55. The number of aryl methyl sites for hydroxylation is 2. The second-order valence-corrected chi connectivity index (χ2v) is 9.57. The van der Waals surface area contributed by atoms with Crippen molar-refractivity contribution in [2.24, 2.45) is 19.5 Å². The van der Waals surface area contributed by atoms with E-state index >= 15 is 0 Å². The summed E-state index contributed by atoms with van der Waals surface area (Å²) in [7, 11) is 2.98. The quantitative estimate of drug-likeness (QED) is 0.317. The minimum atomic E-state index is -4.53. The zero-order chi connectivity index (χ0) is 27.0. The van der Waals surface area contributed by atoms with Crippen LogP contribution in [-0.4, -0.2) is 47.7 Å². The molecule has 4 rings (SSSR count). The van der Waals surface area contributed by atoms with Gasteiger partial charge in [-0.1, -0.05) is 25.4 Å². The van der Waals surface area contributed by atoms with Crippen LogP contribution in [0.5, 0.6) is 5.88 Å². The van der Waals surface area contributed by atoms with E-state index in [1.54, 1.807) is 36.3 Å². The van der Waals surface area contributed by atoms with E-state index in [0.29, 0.717) is 40.9 Å². The first kappa shape index (κ1) is 26.2. The third-order valence-electron chi connectivity index (χ3n) is 5.48. The largest absolute Gasteiger partial charge is 0.477 e. The summed E-state index contributed by atoms with van der Waals surface area (Å²) < 4.78 is 48.3. The molecule has 4 aromatic rings. The van der Waals surface area contributed by atoms with E-state index < -0.39 is 17.3 Å². The number of ether oxygens (including phenoxy) is 1. The summed E-state index contributed by atoms with van der Waals surface area (Å²) in [6.07, 6.45) is 0.0136. The van der Waals surface area contributed by atoms with Crippen LogP contribution in [0.4, 0.5) is 24.7 Å². The number of hydrogen-bond donors (Lipinski definition) is 2. The van der Waals surface area contributed by atoms with Crippen molar-refractivity contribution in [2.45, 2.75) is 20.0 Å². The maximum Gasteiger partial charge on any atom is 0.433 e. The molecular formula is C23H25ClF3N9O. The number of aromatic nitrogens is 7. The van der Waals surface area contributed by atoms with Crippen LogP contribution < -0.4 is 15.8 Å². The fourth-order valence-corrected chi connectivity index (χ4v) is 3.70. The van der Waals surface area contributed by atoms with Crippen LogP contribution in [0.2, 0.25) is 5.15 Å². The number of hydrogen-bond acceptors (Lipinski definition) is 8. The summed E-state index contributed by atoms with van der Waals surface area (Å²) >= 11 is 6.08. The fraction of sp³-hybridized carbons (Fsp3) is 0.348. The Morgan fingerprint density at radius 3 is 2.51 bits per heavy atom. The van der Waals surface area contributed by atoms with E-state index in [0.717, 1.165) is 10.7 Å². The number of rotatable bonds is 8. The van der Waals surface area contributed by atoms with Crippen LogP contribution in [0.25, 0.3) is 22.6 Å². The Bertz CT molecular complexity index is 1410. The summed E-state index contributed by atoms with van der Waals surface area (Å²) in [5.74, 6) is 1.19. The molecule has 0 saturated heterocycles. The number of nitrogens with zero attached hydrogens (tertiary/aromatic N) is 7. The lowest BCUT2D eigenvalue weighted by Gasteiger charge is -2.26. The summed E-state index contributed by atoms with van der Waals surface area (Å²) in [5, 5.41) is 11.7. The van der Waals surface area contributed by atoms with Crippen molar-refractivity contribution in [3.8, 4) is 28.5 Å². The Kier molecular flexibility index (Phi) is 7.00. The molecule has 196 valence electrons. The van der Waals surface area contributed by atoms with E-state index in [2.05, 4.69) is 30.5 Å². The molecule has 4 heterocycles. The number of alkyl halides is 3. The molecule has 0 aliphatic heterocycles. The van der Waals surface area contributed by atoms with Crippen LogP contribution in [0.3, 0.4) is 0 Å². The van der Waals surface area contributed by atoms with Gasteiger partial charge in [-0.25, -0.2) is 19.6 Å². The van der Waals surface area contributed by atoms with Crippen molar-refractivity contribution < 1.29 is 17.9 Å². The molecule has 0 fully saturated rings. The normalized spacial score (nSPS) is 12.1. The van der Waals surface area contributed by atoms with Gasteiger partial charge >= 0.3 is 6.18 Å². The van der Waals surface area contributed by atoms with Crippen LogP contribution in [0.1, 0.15) is 19.5 Å². The summed E-state index contributed by atoms with van der Waals surface area (Å²) in [4.78, 5) is 12.5. The zero-order valence-electron chi connectivity index (χ0n) is 20.5. The Hall–Kier alpha value is -3.87. The lowest BCUT2D eigenvalue weighted by molar-refractivity contribution is -0.143. The molecule has 0 atom stereocenters. The molecule has 4 aromatic heterocycles. The highest BCUT2D eigenvalue weighted by molar-refractivity contribution is 6.29. The van der Waals surface area contributed by atoms with Gasteiger partial charge in [-0.3, -0.25) is 4.68 Å². The van der Waals surface area contributed by atoms with Crippen molar-refractivity contribution in [3.05, 3.63) is 47.6 Å². The smallest absolute Gasteiger partial charge is 0.433 e. The van der Waals surface area contributed by atoms with Crippen molar-refractivity contribution in [1.82, 2.24) is 34.5 Å². The third kappa shape index (κ3) is 5.93. The molecule has 0 saturated carbocycles. The Labute approximate surface area is 215 Å². The number of anilines is 2. The van der Waals surface area contributed by atoms with Gasteiger partial charge in [0.1, 0.15) is 22.2 Å². The van der Waals surface area contributed by atoms with Crippen LogP contribution >= 0.6 is 11.6 Å². The third-order valence-corrected chi connectivity index (χ3v) is 5.68. The number of nitrogen functional groups attached to an aromatic ring is 1. The number of nitrogens with two attached hydrogens (primary N) is 1. The summed E-state index contributed by atoms with van der Waals surface area (Å²) in [6, 6.07) is 4.11. The van der Waals surface area contributed by atoms with Gasteiger partial charge in [-0.05, 0) is 18.2 Å². The first-order chi connectivity index (χ1) is 17.3. The predicted octanol–water partition coefficient (Wildman–Crippen LogP) is 4.44. The molecule has 0 aliphatic rings. The van der Waals surface area contributed by atoms with Gasteiger partial charge in [0.05, 0.1) is 18.5 Å². The highest BCUT2D eigenvalue weighted by Gasteiger charge is 2.35. The van der Waals surface area contributed by atoms with E-state index in [9.17, 15) is 13.2 Å². The van der Waals surface area contributed by atoms with Crippen LogP contribution in [0, 0.1) is 5.41 Å². The first-order valence-electron chi connectivity index (χ1n) is 11.1. The van der Waals surface area contributed by atoms with Gasteiger partial charge in [0.25, 0.3) is 0 Å². The predicted molar refractivity (Wildman–Crippen MR) is 133 cm³/mol. The molecule has 0 aromatic carbocycles. The maximum absolute atomic E-state index is 13.3. The van der Waals surface area contributed by atoms with Gasteiger partial charge in [0.15, 0.2) is 5.82 Å². The van der Waals surface area contributed by atoms with Gasteiger partial charge in [0, 0.05) is 49.7 Å². The molecule has 0 aliphatic carbocycles. The lowest BCUT2D eigenvalue weighted by atomic mass is 9.94. The average molecular weight is 536 g/mol. The van der Waals surface area contributed by atoms with E-state index in [4.69, 9.17) is 22.1 Å². The highest BCUT2D eigenvalue weighted by atomic mass is 35.5. The Morgan fingerprint density at radius 2 is 1.84 bits per heavy atom. The second-order valence-electron chi connectivity index (χ2n) is 9.19. The molecule has 0 radical (unpaired) electrons. The molecular weight excluding hydrogens is 511 g/mol. The molecule has 0 bridgehead atoms. The van der Waals surface area contributed by atoms with Gasteiger partial charge < -0.3 is 15.8 Å². The lowest BCUT2D eigenvalue weighted by Crippen LogP contribution is -2.30. The monoisotopic (exact) mass is 535 g/mol. The average Bonchev–Trinajstić information content (AvgIpc) is 3.39. The highest BCUT2D eigenvalue weighted by Crippen LogP contribution is 2.35. The maximum atomic E-state index is 13.3. The van der Waals surface area contributed by atoms with E-state index in [1.165, 1.54) is 13.2 Å². The SMILES string of the molecule is Cn1nc(-c2cnc(Cl)cc2NCC(C)(C)COc2c(-c3nccc(N)n3)cnn2C)cc1C(F)(F)F. The van der Waals surface area contributed by atoms with Gasteiger partial charge in [0.2, 0.25) is 5.88 Å². The minimum Gasteiger partial charge on any atom is -0.477 e. The molecule has 37 heavy (non-hydrogen) atoms. The number of halogens is 4. The van der Waals surface area contributed by atoms with Gasteiger partial charge in [-0.15, -0.1) is 0 Å². The van der Waals surface area contributed by atoms with Crippen molar-refractivity contribution in [3.63, 3.8) is 0 Å². The molecule has 0 amide bonds. The number of nitrogens with one attached hydrogen (secondary N) is 1. The van der Waals surface area contributed by atoms with Crippen molar-refractivity contribution in [1.29, 1.82) is 0 Å². The van der Waals surface area contributed by atoms with Crippen molar-refractivity contribution in [2.75, 3.05) is 24.2 Å². The van der Waals surface area contributed by atoms with Gasteiger partial charge in [-0.2, -0.15) is 23.4 Å². The molecule has 10 nitrogen and oxygen atoms in total. The molecule has 14 heteroatoms. The Balaban J connectivity index is 1.51. The standard InChI is InChI=1S/C23H25ClF3N9O/c1-22(2,12-37-21-14(10-32-36(21)4)20-29-6-5-19(28)33-20)11-31-15-8-18(24)30-9-13(15)16-7-17(23(25,26)27)35(3)34-16/h5-10H,11-12H2,1-4H3,(H,30,31)(H2,28,29,33). The second kappa shape index (κ2) is 9.88. The molecule has 3 N–H and O–H groups in total. The zero-order valence-corrected chi connectivity index (χ0v) is 21.3. The summed E-state index contributed by atoms with van der Waals surface area (Å²) in [6.45, 7) is 4.60.